The number of rotatable bonds is 1. The maximum atomic E-state index is 10.7. The summed E-state index contributed by atoms with van der Waals surface area (Å²) >= 11 is 0. The number of allylic oxidation sites excluding steroid dienone is 1. The van der Waals surface area contributed by atoms with Gasteiger partial charge in [-0.1, -0.05) is 0 Å². The molecule has 0 aliphatic rings. The molecular formula is C4H6F2O3. The summed E-state index contributed by atoms with van der Waals surface area (Å²) in [4.78, 5) is 8.56. The second-order valence-electron chi connectivity index (χ2n) is 0.799. The molecule has 0 bridgehead atoms. The van der Waals surface area contributed by atoms with E-state index in [0.29, 0.717) is 0 Å². The Morgan fingerprint density at radius 1 is 1.56 bits per heavy atom. The largest absolute Gasteiger partial charge is 0.503 e. The van der Waals surface area contributed by atoms with Gasteiger partial charge >= 0.3 is 6.16 Å². The molecule has 5 heteroatoms. The molecule has 3 nitrogen and oxygen atoms in total. The molecule has 0 fully saturated rings. The fourth-order valence-corrected chi connectivity index (χ4v) is 0.0337. The Labute approximate surface area is 50.2 Å². The quantitative estimate of drug-likeness (QED) is 0.582. The summed E-state index contributed by atoms with van der Waals surface area (Å²) in [6, 6.07) is 0. The van der Waals surface area contributed by atoms with E-state index >= 15 is 0 Å². The summed E-state index contributed by atoms with van der Waals surface area (Å²) in [6.07, 6.45) is -0.861. The highest BCUT2D eigenvalue weighted by molar-refractivity contribution is 5.53. The molecule has 0 heterocycles. The van der Waals surface area contributed by atoms with E-state index in [4.69, 9.17) is 15.0 Å². The predicted molar refractivity (Wildman–Crippen MR) is 26.9 cm³/mol. The van der Waals surface area contributed by atoms with Gasteiger partial charge in [0.05, 0.1) is 6.33 Å². The van der Waals surface area contributed by atoms with E-state index in [2.05, 4.69) is 0 Å². The Morgan fingerprint density at radius 3 is 1.89 bits per heavy atom. The lowest BCUT2D eigenvalue weighted by atomic mass is 10.7. The van der Waals surface area contributed by atoms with Crippen molar-refractivity contribution in [3.05, 3.63) is 12.4 Å². The van der Waals surface area contributed by atoms with Crippen LogP contribution in [0.1, 0.15) is 0 Å². The van der Waals surface area contributed by atoms with Gasteiger partial charge in [0.15, 0.2) is 0 Å². The SMILES string of the molecule is FC=CCF.O=C(O)O. The average molecular weight is 140 g/mol. The minimum absolute atomic E-state index is 0.181. The Kier molecular flexibility index (Phi) is 12.0. The molecule has 0 unspecified atom stereocenters. The number of hydrogen-bond acceptors (Lipinski definition) is 1. The third kappa shape index (κ3) is 215. The summed E-state index contributed by atoms with van der Waals surface area (Å²) in [6.45, 7) is -0.712. The average Bonchev–Trinajstić information content (AvgIpc) is 1.66. The Hall–Kier alpha value is -1.13. The summed E-state index contributed by atoms with van der Waals surface area (Å²) < 4.78 is 21.2. The lowest BCUT2D eigenvalue weighted by molar-refractivity contribution is 0.137. The van der Waals surface area contributed by atoms with Gasteiger partial charge in [-0.05, 0) is 6.08 Å². The predicted octanol–water partition coefficient (Wildman–Crippen LogP) is 1.66. The lowest BCUT2D eigenvalue weighted by Crippen LogP contribution is -1.81. The molecule has 0 spiro atoms. The van der Waals surface area contributed by atoms with E-state index in [9.17, 15) is 8.78 Å². The maximum Gasteiger partial charge on any atom is 0.503 e. The highest BCUT2D eigenvalue weighted by Gasteiger charge is 1.70. The molecule has 0 radical (unpaired) electrons. The van der Waals surface area contributed by atoms with Crippen LogP contribution in [-0.4, -0.2) is 23.0 Å². The van der Waals surface area contributed by atoms with Gasteiger partial charge in [-0.15, -0.1) is 0 Å². The van der Waals surface area contributed by atoms with Crippen molar-refractivity contribution in [3.8, 4) is 0 Å². The van der Waals surface area contributed by atoms with Crippen molar-refractivity contribution < 1.29 is 23.8 Å². The zero-order valence-corrected chi connectivity index (χ0v) is 4.42. The Bertz CT molecular complexity index is 87.8. The van der Waals surface area contributed by atoms with E-state index in [1.165, 1.54) is 0 Å². The van der Waals surface area contributed by atoms with E-state index in [-0.39, 0.29) is 6.33 Å². The third-order valence-electron chi connectivity index (χ3n) is 0.178. The monoisotopic (exact) mass is 140 g/mol. The Balaban J connectivity index is 0. The number of halogens is 2. The smallest absolute Gasteiger partial charge is 0.450 e. The fraction of sp³-hybridized carbons (Fsp3) is 0.250. The van der Waals surface area contributed by atoms with Crippen LogP contribution in [0.4, 0.5) is 13.6 Å². The summed E-state index contributed by atoms with van der Waals surface area (Å²) in [5.74, 6) is 0. The topological polar surface area (TPSA) is 57.5 Å². The Morgan fingerprint density at radius 2 is 1.89 bits per heavy atom. The molecular weight excluding hydrogens is 134 g/mol. The van der Waals surface area contributed by atoms with Gasteiger partial charge in [0.25, 0.3) is 0 Å². The minimum atomic E-state index is -1.83. The van der Waals surface area contributed by atoms with Crippen molar-refractivity contribution in [2.75, 3.05) is 6.67 Å². The first-order valence-corrected chi connectivity index (χ1v) is 1.88. The molecule has 0 rings (SSSR count). The van der Waals surface area contributed by atoms with Gasteiger partial charge in [-0.2, -0.15) is 0 Å². The fourth-order valence-electron chi connectivity index (χ4n) is 0.0337. The molecule has 0 aromatic heterocycles. The highest BCUT2D eigenvalue weighted by atomic mass is 19.1. The first kappa shape index (κ1) is 10.8. The normalized spacial score (nSPS) is 8.22. The van der Waals surface area contributed by atoms with Gasteiger partial charge in [0.2, 0.25) is 0 Å². The molecule has 0 aliphatic heterocycles. The minimum Gasteiger partial charge on any atom is -0.450 e. The van der Waals surface area contributed by atoms with Crippen molar-refractivity contribution >= 4 is 6.16 Å². The maximum absolute atomic E-state index is 10.7. The standard InChI is InChI=1S/C3H4F2.CH2O3/c4-2-1-3-5;2-1(3)4/h1-2H,3H2;(H2,2,3,4). The van der Waals surface area contributed by atoms with Crippen LogP contribution in [0.3, 0.4) is 0 Å². The first-order chi connectivity index (χ1) is 4.15. The molecule has 0 amide bonds. The second-order valence-corrected chi connectivity index (χ2v) is 0.799. The number of alkyl halides is 1. The van der Waals surface area contributed by atoms with Crippen LogP contribution in [-0.2, 0) is 0 Å². The zero-order chi connectivity index (χ0) is 7.70. The van der Waals surface area contributed by atoms with Gasteiger partial charge in [0.1, 0.15) is 6.67 Å². The second kappa shape index (κ2) is 9.98. The molecule has 0 saturated heterocycles. The van der Waals surface area contributed by atoms with Crippen LogP contribution in [0.5, 0.6) is 0 Å². The van der Waals surface area contributed by atoms with Gasteiger partial charge in [-0.25, -0.2) is 13.6 Å². The summed E-state index contributed by atoms with van der Waals surface area (Å²) in [5, 5.41) is 13.9. The van der Waals surface area contributed by atoms with Gasteiger partial charge < -0.3 is 10.2 Å². The number of carbonyl (C=O) groups is 1. The van der Waals surface area contributed by atoms with Crippen LogP contribution in [0.25, 0.3) is 0 Å². The molecule has 0 aliphatic carbocycles. The van der Waals surface area contributed by atoms with Crippen LogP contribution in [0, 0.1) is 0 Å². The molecule has 54 valence electrons. The lowest BCUT2D eigenvalue weighted by Gasteiger charge is -1.60. The van der Waals surface area contributed by atoms with Crippen LogP contribution in [0.2, 0.25) is 0 Å². The molecule has 0 saturated carbocycles. The van der Waals surface area contributed by atoms with E-state index in [1.54, 1.807) is 0 Å². The molecule has 9 heavy (non-hydrogen) atoms. The third-order valence-corrected chi connectivity index (χ3v) is 0.178. The van der Waals surface area contributed by atoms with E-state index in [0.717, 1.165) is 6.08 Å². The number of carboxylic acid groups (broad SMARTS) is 2. The summed E-state index contributed by atoms with van der Waals surface area (Å²) in [5.41, 5.74) is 0. The van der Waals surface area contributed by atoms with Gasteiger partial charge in [0, 0.05) is 0 Å². The van der Waals surface area contributed by atoms with Crippen molar-refractivity contribution in [1.82, 2.24) is 0 Å². The van der Waals surface area contributed by atoms with Crippen LogP contribution < -0.4 is 0 Å². The molecule has 0 aromatic rings. The highest BCUT2D eigenvalue weighted by Crippen LogP contribution is 1.70. The van der Waals surface area contributed by atoms with Crippen molar-refractivity contribution in [3.63, 3.8) is 0 Å². The van der Waals surface area contributed by atoms with Crippen LogP contribution >= 0.6 is 0 Å². The van der Waals surface area contributed by atoms with E-state index < -0.39 is 12.8 Å². The van der Waals surface area contributed by atoms with Gasteiger partial charge in [-0.3, -0.25) is 0 Å². The number of hydrogen-bond donors (Lipinski definition) is 2. The summed E-state index contributed by atoms with van der Waals surface area (Å²) in [7, 11) is 0. The van der Waals surface area contributed by atoms with Crippen molar-refractivity contribution in [1.29, 1.82) is 0 Å². The molecule has 0 aromatic carbocycles. The van der Waals surface area contributed by atoms with E-state index in [1.807, 2.05) is 0 Å². The zero-order valence-electron chi connectivity index (χ0n) is 4.42. The molecule has 2 N–H and O–H groups in total. The molecule has 0 atom stereocenters. The van der Waals surface area contributed by atoms with Crippen LogP contribution in [0.15, 0.2) is 12.4 Å². The van der Waals surface area contributed by atoms with Crippen molar-refractivity contribution in [2.45, 2.75) is 0 Å². The van der Waals surface area contributed by atoms with Crippen molar-refractivity contribution in [2.24, 2.45) is 0 Å². The first-order valence-electron chi connectivity index (χ1n) is 1.88.